The van der Waals surface area contributed by atoms with Gasteiger partial charge in [0.15, 0.2) is 0 Å². The van der Waals surface area contributed by atoms with Crippen molar-refractivity contribution in [2.24, 2.45) is 0 Å². The molecular weight excluding hydrogens is 1270 g/mol. The number of aromatic amines is 7. The first-order valence-electron chi connectivity index (χ1n) is 33.1. The lowest BCUT2D eigenvalue weighted by Gasteiger charge is -2.20. The van der Waals surface area contributed by atoms with Crippen LogP contribution < -0.4 is 71.6 Å². The molecule has 3 unspecified atom stereocenters. The van der Waals surface area contributed by atoms with Crippen LogP contribution in [0.1, 0.15) is 159 Å². The molecule has 10 aromatic rings. The van der Waals surface area contributed by atoms with Gasteiger partial charge in [0.05, 0.1) is 54.0 Å². The Hall–Kier alpha value is -10.4. The fraction of sp³-hybridized carbons (Fsp3) is 0.391. The summed E-state index contributed by atoms with van der Waals surface area (Å²) in [4.78, 5) is 98.0. The lowest BCUT2D eigenvalue weighted by Crippen LogP contribution is -2.31. The van der Waals surface area contributed by atoms with Gasteiger partial charge in [0, 0.05) is 73.0 Å². The number of anilines is 6. The summed E-state index contributed by atoms with van der Waals surface area (Å²) in [5.41, 5.74) is 28.4. The van der Waals surface area contributed by atoms with Crippen LogP contribution in [0.25, 0.3) is 22.1 Å². The standard InChI is InChI=1S/2C15H18N4O.C14H15FN4O.C12H16N4O3.C11H14N4O3.C2H6/c2*1-8-5-3-4-6-10(8)9(2)11-7-17-13-12(11)18-15(16)19-14(13)20;1-7(8-4-2-3-5-10(8)15)9-6-17-12-11(9)18-14(16)19-13(12)20;1-2-6-10(17)11(18)8(16-6)5-3-13-9-7(5)14-4-15-12(9)19;1-4-9(16)10(17)7(15-4)5-2-12-8-6(5)13-3-14-11(8)18;1-2/h2*3-6,9,11,17H,7H2,1-2H3,(H3,16,18,19,20);2-5,7,9,17H,6H2,1H3,(H3,16,18,19,20);3-4,6,8,10-11,13,16-18H,2H2,1H3,(H,14,15,19);2-4,7,9-10,12,15-17H,1H3,(H,13,14,18);1-2H3/t2*9-,11?;7-,9?;6-,8+,10-,11+;4-,7+,9-,10+;/m00011./s1. The van der Waals surface area contributed by atoms with Crippen LogP contribution in [0.5, 0.6) is 0 Å². The highest BCUT2D eigenvalue weighted by atomic mass is 19.1. The van der Waals surface area contributed by atoms with Gasteiger partial charge in [-0.1, -0.05) is 108 Å². The van der Waals surface area contributed by atoms with Crippen molar-refractivity contribution in [3.05, 3.63) is 211 Å². The number of aliphatic hydroxyl groups is 4. The molecule has 0 saturated carbocycles. The summed E-state index contributed by atoms with van der Waals surface area (Å²) < 4.78 is 13.9. The van der Waals surface area contributed by atoms with Crippen LogP contribution >= 0.6 is 0 Å². The number of nitrogens with two attached hydrogens (primary N) is 3. The highest BCUT2D eigenvalue weighted by Gasteiger charge is 2.43. The van der Waals surface area contributed by atoms with Crippen molar-refractivity contribution in [2.75, 3.05) is 52.8 Å². The number of hydrogen-bond donors (Lipinski definition) is 19. The molecule has 29 nitrogen and oxygen atoms in total. The zero-order valence-corrected chi connectivity index (χ0v) is 56.3. The number of fused-ring (bicyclic) bond motifs is 5. The predicted molar refractivity (Wildman–Crippen MR) is 380 cm³/mol. The minimum Gasteiger partial charge on any atom is -0.389 e. The lowest BCUT2D eigenvalue weighted by atomic mass is 9.84. The van der Waals surface area contributed by atoms with Crippen molar-refractivity contribution >= 4 is 57.0 Å². The zero-order valence-electron chi connectivity index (χ0n) is 56.3. The molecule has 14 atom stereocenters. The molecule has 0 spiro atoms. The average molecular weight is 1360 g/mol. The number of hydrogen-bond acceptors (Lipinski definition) is 22. The molecule has 0 radical (unpaired) electrons. The van der Waals surface area contributed by atoms with Gasteiger partial charge >= 0.3 is 0 Å². The molecule has 524 valence electrons. The van der Waals surface area contributed by atoms with E-state index in [1.165, 1.54) is 41.0 Å². The van der Waals surface area contributed by atoms with Gasteiger partial charge < -0.3 is 84.1 Å². The van der Waals surface area contributed by atoms with Gasteiger partial charge in [-0.25, -0.2) is 29.3 Å². The number of rotatable bonds is 9. The molecule has 0 amide bonds. The van der Waals surface area contributed by atoms with Crippen LogP contribution in [0.3, 0.4) is 0 Å². The van der Waals surface area contributed by atoms with E-state index >= 15 is 0 Å². The van der Waals surface area contributed by atoms with Crippen LogP contribution in [-0.2, 0) is 0 Å². The van der Waals surface area contributed by atoms with E-state index in [2.05, 4.69) is 138 Å². The number of nitrogens with one attached hydrogen (secondary N) is 12. The topological polar surface area (TPSA) is 479 Å². The summed E-state index contributed by atoms with van der Waals surface area (Å²) >= 11 is 0. The van der Waals surface area contributed by atoms with E-state index in [-0.39, 0.29) is 99.0 Å². The van der Waals surface area contributed by atoms with Gasteiger partial charge in [-0.05, 0) is 78.8 Å². The molecule has 3 aromatic carbocycles. The smallest absolute Gasteiger partial charge is 0.275 e. The first-order chi connectivity index (χ1) is 47.4. The molecule has 7 aromatic heterocycles. The second kappa shape index (κ2) is 30.6. The molecule has 5 aliphatic rings. The summed E-state index contributed by atoms with van der Waals surface area (Å²) in [6, 6.07) is 22.1. The molecule has 0 aliphatic carbocycles. The average Bonchev–Trinajstić information content (AvgIpc) is 1.70. The third-order valence-electron chi connectivity index (χ3n) is 19.3. The van der Waals surface area contributed by atoms with Crippen LogP contribution in [0.4, 0.5) is 39.3 Å². The van der Waals surface area contributed by atoms with E-state index in [9.17, 15) is 48.8 Å². The number of benzene rings is 3. The van der Waals surface area contributed by atoms with E-state index in [1.807, 2.05) is 52.0 Å². The first kappa shape index (κ1) is 71.4. The summed E-state index contributed by atoms with van der Waals surface area (Å²) in [5, 5.41) is 55.4. The van der Waals surface area contributed by atoms with E-state index < -0.39 is 36.5 Å². The van der Waals surface area contributed by atoms with Crippen molar-refractivity contribution in [2.45, 2.75) is 153 Å². The molecular formula is C69H87FN20O9. The second-order valence-corrected chi connectivity index (χ2v) is 25.2. The minimum atomic E-state index is -0.917. The van der Waals surface area contributed by atoms with E-state index in [0.717, 1.165) is 11.4 Å². The fourth-order valence-corrected chi connectivity index (χ4v) is 13.9. The Morgan fingerprint density at radius 1 is 0.505 bits per heavy atom. The Balaban J connectivity index is 0.000000133. The van der Waals surface area contributed by atoms with Gasteiger partial charge in [0.1, 0.15) is 57.2 Å². The molecule has 30 heteroatoms. The van der Waals surface area contributed by atoms with Crippen molar-refractivity contribution in [3.8, 4) is 0 Å². The van der Waals surface area contributed by atoms with Crippen LogP contribution in [0.2, 0.25) is 0 Å². The Kier molecular flexibility index (Phi) is 22.1. The molecule has 0 bridgehead atoms. The number of halogens is 1. The van der Waals surface area contributed by atoms with Crippen LogP contribution in [0.15, 0.2) is 122 Å². The second-order valence-electron chi connectivity index (χ2n) is 25.2. The predicted octanol–water partition coefficient (Wildman–Crippen LogP) is 5.18. The maximum absolute atomic E-state index is 13.9. The molecule has 99 heavy (non-hydrogen) atoms. The summed E-state index contributed by atoms with van der Waals surface area (Å²) in [7, 11) is 0. The number of H-pyrrole nitrogens is 7. The lowest BCUT2D eigenvalue weighted by molar-refractivity contribution is 0.0276. The molecule has 12 heterocycles. The van der Waals surface area contributed by atoms with Crippen molar-refractivity contribution < 1.29 is 24.8 Å². The SMILES string of the molecule is CC.CC[C@H]1N[C@@H](c2c[nH]c3c(=O)[nH]cnc23)[C@H](O)[C@@H]1O.C[C@@H](c1ccccc1F)C1CNc2c1nc(N)[nH]c2=O.C[C@H]1N[C@@H](c2c[nH]c3c(=O)[nH]cnc23)[C@H](O)[C@@H]1O.Cc1ccccc1[C@H](C)C1CNc2c1nc(N)[nH]c2=O.Cc1ccccc1[C@H](C)C1CNc2c1nc(N)[nH]c2=O. The highest BCUT2D eigenvalue weighted by molar-refractivity contribution is 5.79. The summed E-state index contributed by atoms with van der Waals surface area (Å²) in [6.45, 7) is 20.2. The van der Waals surface area contributed by atoms with Crippen molar-refractivity contribution in [3.63, 3.8) is 0 Å². The molecule has 2 saturated heterocycles. The Morgan fingerprint density at radius 3 is 1.23 bits per heavy atom. The minimum absolute atomic E-state index is 0.0773. The highest BCUT2D eigenvalue weighted by Crippen LogP contribution is 2.42. The first-order valence-corrected chi connectivity index (χ1v) is 33.1. The normalized spacial score (nSPS) is 23.0. The summed E-state index contributed by atoms with van der Waals surface area (Å²) in [5.74, 6) is 0.905. The van der Waals surface area contributed by atoms with Gasteiger partial charge in [-0.15, -0.1) is 0 Å². The number of aliphatic hydroxyl groups excluding tert-OH is 4. The summed E-state index contributed by atoms with van der Waals surface area (Å²) in [6.07, 6.45) is 3.18. The molecule has 22 N–H and O–H groups in total. The zero-order chi connectivity index (χ0) is 71.3. The van der Waals surface area contributed by atoms with Gasteiger partial charge in [-0.2, -0.15) is 0 Å². The monoisotopic (exact) mass is 1360 g/mol. The van der Waals surface area contributed by atoms with Crippen LogP contribution in [0, 0.1) is 19.7 Å². The van der Waals surface area contributed by atoms with Gasteiger partial charge in [0.25, 0.3) is 27.8 Å². The van der Waals surface area contributed by atoms with E-state index in [0.29, 0.717) is 87.6 Å². The van der Waals surface area contributed by atoms with Crippen LogP contribution in [-0.4, -0.2) is 136 Å². The third-order valence-corrected chi connectivity index (χ3v) is 19.3. The van der Waals surface area contributed by atoms with Crippen molar-refractivity contribution in [1.29, 1.82) is 0 Å². The van der Waals surface area contributed by atoms with E-state index in [4.69, 9.17) is 17.2 Å². The molecule has 2 fully saturated rings. The van der Waals surface area contributed by atoms with Gasteiger partial charge in [0.2, 0.25) is 17.8 Å². The number of aromatic nitrogens is 12. The Labute approximate surface area is 567 Å². The van der Waals surface area contributed by atoms with Crippen molar-refractivity contribution in [1.82, 2.24) is 70.4 Å². The Bertz CT molecular complexity index is 4510. The number of nitrogens with zero attached hydrogens (tertiary/aromatic N) is 5. The Morgan fingerprint density at radius 2 is 0.869 bits per heavy atom. The number of aryl methyl sites for hydroxylation is 2. The van der Waals surface area contributed by atoms with E-state index in [1.54, 1.807) is 37.5 Å². The maximum atomic E-state index is 13.9. The molecule has 5 aliphatic heterocycles. The quantitative estimate of drug-likeness (QED) is 0.0885. The van der Waals surface area contributed by atoms with Gasteiger partial charge in [-0.3, -0.25) is 38.9 Å². The largest absolute Gasteiger partial charge is 0.389 e. The molecule has 15 rings (SSSR count). The third kappa shape index (κ3) is 14.6. The number of nitrogen functional groups attached to an aromatic ring is 3. The maximum Gasteiger partial charge on any atom is 0.275 e. The fourth-order valence-electron chi connectivity index (χ4n) is 13.9.